The Hall–Kier alpha value is -2.63. The summed E-state index contributed by atoms with van der Waals surface area (Å²) in [7, 11) is 0. The first kappa shape index (κ1) is 14.3. The highest BCUT2D eigenvalue weighted by molar-refractivity contribution is 6.11. The van der Waals surface area contributed by atoms with Crippen molar-refractivity contribution in [3.05, 3.63) is 30.6 Å². The molecule has 3 rings (SSSR count). The van der Waals surface area contributed by atoms with Gasteiger partial charge in [-0.1, -0.05) is 38.0 Å². The summed E-state index contributed by atoms with van der Waals surface area (Å²) in [6.45, 7) is 2.04. The number of fused-ring (bicyclic) bond motifs is 3. The van der Waals surface area contributed by atoms with Gasteiger partial charge in [0.25, 0.3) is 0 Å². The summed E-state index contributed by atoms with van der Waals surface area (Å²) in [4.78, 5) is 23.2. The average Bonchev–Trinajstić information content (AvgIpc) is 2.90. The second kappa shape index (κ2) is 6.01. The summed E-state index contributed by atoms with van der Waals surface area (Å²) >= 11 is 0. The molecule has 6 heteroatoms. The van der Waals surface area contributed by atoms with Gasteiger partial charge in [-0.05, 0) is 12.5 Å². The lowest BCUT2D eigenvalue weighted by molar-refractivity contribution is -0.138. The van der Waals surface area contributed by atoms with E-state index in [2.05, 4.69) is 20.3 Å². The number of nitrogens with one attached hydrogen (secondary N) is 2. The van der Waals surface area contributed by atoms with Crippen LogP contribution in [0.3, 0.4) is 0 Å². The van der Waals surface area contributed by atoms with Gasteiger partial charge in [0.15, 0.2) is 0 Å². The van der Waals surface area contributed by atoms with E-state index in [0.717, 1.165) is 29.1 Å². The van der Waals surface area contributed by atoms with E-state index in [4.69, 9.17) is 0 Å². The normalized spacial score (nSPS) is 12.6. The molecular weight excluding hydrogens is 280 g/mol. The molecule has 2 heterocycles. The van der Waals surface area contributed by atoms with Gasteiger partial charge in [0.2, 0.25) is 0 Å². The summed E-state index contributed by atoms with van der Waals surface area (Å²) < 4.78 is 0. The third kappa shape index (κ3) is 2.59. The van der Waals surface area contributed by atoms with Gasteiger partial charge in [0, 0.05) is 10.9 Å². The number of hydrogen-bond donors (Lipinski definition) is 3. The van der Waals surface area contributed by atoms with Crippen LogP contribution in [-0.2, 0) is 4.79 Å². The van der Waals surface area contributed by atoms with Crippen LogP contribution >= 0.6 is 0 Å². The van der Waals surface area contributed by atoms with E-state index in [1.807, 2.05) is 31.2 Å². The van der Waals surface area contributed by atoms with Crippen molar-refractivity contribution in [3.8, 4) is 0 Å². The third-order valence-corrected chi connectivity index (χ3v) is 3.75. The molecule has 0 saturated carbocycles. The number of nitrogens with zero attached hydrogens (tertiary/aromatic N) is 2. The molecule has 22 heavy (non-hydrogen) atoms. The van der Waals surface area contributed by atoms with Crippen LogP contribution in [0.1, 0.15) is 26.2 Å². The van der Waals surface area contributed by atoms with E-state index < -0.39 is 12.0 Å². The van der Waals surface area contributed by atoms with Crippen molar-refractivity contribution < 1.29 is 9.90 Å². The highest BCUT2D eigenvalue weighted by Gasteiger charge is 2.19. The molecule has 0 saturated heterocycles. The molecule has 1 aromatic carbocycles. The molecule has 1 atom stereocenters. The molecule has 114 valence electrons. The molecule has 3 N–H and O–H groups in total. The fraction of sp³-hybridized carbons (Fsp3) is 0.312. The molecular formula is C16H18N4O2. The van der Waals surface area contributed by atoms with E-state index in [9.17, 15) is 9.90 Å². The van der Waals surface area contributed by atoms with E-state index in [0.29, 0.717) is 17.9 Å². The van der Waals surface area contributed by atoms with E-state index >= 15 is 0 Å². The minimum Gasteiger partial charge on any atom is -0.480 e. The number of hydrogen-bond acceptors (Lipinski definition) is 4. The lowest BCUT2D eigenvalue weighted by atomic mass is 10.1. The minimum absolute atomic E-state index is 0.561. The van der Waals surface area contributed by atoms with Crippen molar-refractivity contribution in [1.82, 2.24) is 15.0 Å². The number of aromatic amines is 1. The molecule has 0 radical (unpaired) electrons. The Balaban J connectivity index is 2.04. The minimum atomic E-state index is -0.861. The van der Waals surface area contributed by atoms with Gasteiger partial charge in [-0.2, -0.15) is 0 Å². The summed E-state index contributed by atoms with van der Waals surface area (Å²) in [6, 6.07) is 7.18. The van der Waals surface area contributed by atoms with Crippen LogP contribution in [0.25, 0.3) is 21.9 Å². The maximum atomic E-state index is 11.4. The van der Waals surface area contributed by atoms with Gasteiger partial charge in [0.05, 0.1) is 5.39 Å². The SMILES string of the molecule is CCCC[C@H](Nc1ncnc2[nH]c3ccccc3c12)C(=O)O. The molecule has 3 aromatic rings. The van der Waals surface area contributed by atoms with Gasteiger partial charge < -0.3 is 15.4 Å². The predicted molar refractivity (Wildman–Crippen MR) is 86.0 cm³/mol. The van der Waals surface area contributed by atoms with Gasteiger partial charge in [-0.3, -0.25) is 0 Å². The van der Waals surface area contributed by atoms with Crippen LogP contribution in [0.2, 0.25) is 0 Å². The zero-order valence-corrected chi connectivity index (χ0v) is 12.3. The largest absolute Gasteiger partial charge is 0.480 e. The number of carbonyl (C=O) groups is 1. The van der Waals surface area contributed by atoms with Crippen LogP contribution in [0, 0.1) is 0 Å². The summed E-state index contributed by atoms with van der Waals surface area (Å²) in [6.07, 6.45) is 3.82. The van der Waals surface area contributed by atoms with Crippen molar-refractivity contribution in [1.29, 1.82) is 0 Å². The molecule has 0 aliphatic heterocycles. The number of carboxylic acids is 1. The first-order valence-corrected chi connectivity index (χ1v) is 7.41. The van der Waals surface area contributed by atoms with Gasteiger partial charge >= 0.3 is 5.97 Å². The third-order valence-electron chi connectivity index (χ3n) is 3.75. The highest BCUT2D eigenvalue weighted by Crippen LogP contribution is 2.29. The number of aliphatic carboxylic acids is 1. The van der Waals surface area contributed by atoms with Gasteiger partial charge in [-0.15, -0.1) is 0 Å². The van der Waals surface area contributed by atoms with Crippen molar-refractivity contribution in [2.24, 2.45) is 0 Å². The number of aromatic nitrogens is 3. The van der Waals surface area contributed by atoms with Crippen LogP contribution in [0.5, 0.6) is 0 Å². The fourth-order valence-electron chi connectivity index (χ4n) is 2.61. The number of H-pyrrole nitrogens is 1. The van der Waals surface area contributed by atoms with E-state index in [1.54, 1.807) is 0 Å². The predicted octanol–water partition coefficient (Wildman–Crippen LogP) is 3.17. The monoisotopic (exact) mass is 298 g/mol. The van der Waals surface area contributed by atoms with Crippen molar-refractivity contribution in [3.63, 3.8) is 0 Å². The van der Waals surface area contributed by atoms with Crippen LogP contribution in [-0.4, -0.2) is 32.1 Å². The molecule has 0 fully saturated rings. The van der Waals surface area contributed by atoms with Crippen molar-refractivity contribution in [2.45, 2.75) is 32.2 Å². The number of benzene rings is 1. The van der Waals surface area contributed by atoms with E-state index in [-0.39, 0.29) is 0 Å². The van der Waals surface area contributed by atoms with E-state index in [1.165, 1.54) is 6.33 Å². The van der Waals surface area contributed by atoms with Crippen molar-refractivity contribution >= 4 is 33.7 Å². The average molecular weight is 298 g/mol. The Morgan fingerprint density at radius 1 is 1.36 bits per heavy atom. The summed E-state index contributed by atoms with van der Waals surface area (Å²) in [5.41, 5.74) is 1.67. The maximum Gasteiger partial charge on any atom is 0.326 e. The molecule has 0 unspecified atom stereocenters. The lowest BCUT2D eigenvalue weighted by Crippen LogP contribution is -2.29. The summed E-state index contributed by atoms with van der Waals surface area (Å²) in [5.74, 6) is -0.300. The number of anilines is 1. The zero-order chi connectivity index (χ0) is 15.5. The van der Waals surface area contributed by atoms with Crippen LogP contribution < -0.4 is 5.32 Å². The molecule has 0 aliphatic rings. The Morgan fingerprint density at radius 3 is 2.95 bits per heavy atom. The smallest absolute Gasteiger partial charge is 0.326 e. The molecule has 0 spiro atoms. The van der Waals surface area contributed by atoms with Crippen LogP contribution in [0.4, 0.5) is 5.82 Å². The molecule has 0 bridgehead atoms. The number of rotatable bonds is 6. The quantitative estimate of drug-likeness (QED) is 0.650. The first-order chi connectivity index (χ1) is 10.7. The van der Waals surface area contributed by atoms with Crippen LogP contribution in [0.15, 0.2) is 30.6 Å². The topological polar surface area (TPSA) is 90.9 Å². The highest BCUT2D eigenvalue weighted by atomic mass is 16.4. The number of carboxylic acid groups (broad SMARTS) is 1. The Kier molecular flexibility index (Phi) is 3.91. The Morgan fingerprint density at radius 2 is 2.18 bits per heavy atom. The van der Waals surface area contributed by atoms with Gasteiger partial charge in [0.1, 0.15) is 23.8 Å². The number of para-hydroxylation sites is 1. The Bertz CT molecular complexity index is 812. The first-order valence-electron chi connectivity index (χ1n) is 7.41. The van der Waals surface area contributed by atoms with Gasteiger partial charge in [-0.25, -0.2) is 14.8 Å². The molecule has 2 aromatic heterocycles. The zero-order valence-electron chi connectivity index (χ0n) is 12.3. The lowest BCUT2D eigenvalue weighted by Gasteiger charge is -2.15. The summed E-state index contributed by atoms with van der Waals surface area (Å²) in [5, 5.41) is 14.3. The number of unbranched alkanes of at least 4 members (excludes halogenated alkanes) is 1. The van der Waals surface area contributed by atoms with Crippen molar-refractivity contribution in [2.75, 3.05) is 5.32 Å². The Labute approximate surface area is 127 Å². The molecule has 6 nitrogen and oxygen atoms in total. The molecule has 0 amide bonds. The molecule has 0 aliphatic carbocycles. The standard InChI is InChI=1S/C16H18N4O2/c1-2-3-7-12(16(21)22)20-15-13-10-6-4-5-8-11(10)19-14(13)17-9-18-15/h4-6,8-9,12H,2-3,7H2,1H3,(H,21,22)(H2,17,18,19,20)/t12-/m0/s1. The fourth-order valence-corrected chi connectivity index (χ4v) is 2.61. The second-order valence-corrected chi connectivity index (χ2v) is 5.29. The second-order valence-electron chi connectivity index (χ2n) is 5.29. The maximum absolute atomic E-state index is 11.4.